The van der Waals surface area contributed by atoms with Crippen molar-refractivity contribution < 1.29 is 15.0 Å². The summed E-state index contributed by atoms with van der Waals surface area (Å²) in [6.45, 7) is 1.54. The summed E-state index contributed by atoms with van der Waals surface area (Å²) < 4.78 is 0. The minimum atomic E-state index is -1.07. The summed E-state index contributed by atoms with van der Waals surface area (Å²) in [5.41, 5.74) is -0.0522. The first kappa shape index (κ1) is 11.8. The molecule has 0 aliphatic carbocycles. The molecule has 6 nitrogen and oxygen atoms in total. The highest BCUT2D eigenvalue weighted by atomic mass is 16.4. The Bertz CT molecular complexity index is 393. The maximum absolute atomic E-state index is 10.6. The van der Waals surface area contributed by atoms with Crippen molar-refractivity contribution in [3.63, 3.8) is 0 Å². The number of carboxylic acid groups (broad SMARTS) is 1. The molecule has 2 rings (SSSR count). The largest absolute Gasteiger partial charge is 0.476 e. The topological polar surface area (TPSA) is 86.5 Å². The Labute approximate surface area is 98.9 Å². The highest BCUT2D eigenvalue weighted by Crippen LogP contribution is 2.16. The van der Waals surface area contributed by atoms with E-state index in [0.717, 1.165) is 25.9 Å². The molecular weight excluding hydrogens is 222 g/mol. The van der Waals surface area contributed by atoms with Gasteiger partial charge in [-0.1, -0.05) is 0 Å². The van der Waals surface area contributed by atoms with Gasteiger partial charge in [0, 0.05) is 13.1 Å². The molecule has 6 heteroatoms. The highest BCUT2D eigenvalue weighted by molar-refractivity contribution is 5.84. The smallest absolute Gasteiger partial charge is 0.356 e. The molecule has 0 saturated carbocycles. The fraction of sp³-hybridized carbons (Fsp3) is 0.545. The van der Waals surface area contributed by atoms with Crippen molar-refractivity contribution in [2.75, 3.05) is 18.0 Å². The molecular formula is C11H15N3O3. The first-order valence-electron chi connectivity index (χ1n) is 5.65. The van der Waals surface area contributed by atoms with Gasteiger partial charge in [-0.05, 0) is 19.3 Å². The molecule has 0 aromatic carbocycles. The van der Waals surface area contributed by atoms with Crippen LogP contribution in [0.25, 0.3) is 0 Å². The summed E-state index contributed by atoms with van der Waals surface area (Å²) in [5, 5.41) is 18.2. The molecule has 2 N–H and O–H groups in total. The molecule has 1 saturated heterocycles. The number of aliphatic hydroxyl groups is 1. The van der Waals surface area contributed by atoms with Crippen LogP contribution in [0.4, 0.5) is 5.82 Å². The van der Waals surface area contributed by atoms with Gasteiger partial charge in [-0.25, -0.2) is 14.8 Å². The maximum Gasteiger partial charge on any atom is 0.356 e. The van der Waals surface area contributed by atoms with Gasteiger partial charge in [-0.15, -0.1) is 0 Å². The summed E-state index contributed by atoms with van der Waals surface area (Å²) >= 11 is 0. The number of carboxylic acids is 1. The van der Waals surface area contributed by atoms with Crippen LogP contribution < -0.4 is 4.90 Å². The van der Waals surface area contributed by atoms with Crippen molar-refractivity contribution in [1.29, 1.82) is 0 Å². The van der Waals surface area contributed by atoms with E-state index in [2.05, 4.69) is 9.97 Å². The molecule has 1 aromatic rings. The van der Waals surface area contributed by atoms with Crippen molar-refractivity contribution in [3.8, 4) is 0 Å². The van der Waals surface area contributed by atoms with Gasteiger partial charge in [0.1, 0.15) is 5.82 Å². The van der Waals surface area contributed by atoms with Gasteiger partial charge in [-0.3, -0.25) is 0 Å². The van der Waals surface area contributed by atoms with E-state index >= 15 is 0 Å². The first-order valence-corrected chi connectivity index (χ1v) is 5.65. The number of rotatable bonds is 2. The lowest BCUT2D eigenvalue weighted by atomic mass is 10.2. The van der Waals surface area contributed by atoms with Gasteiger partial charge in [0.2, 0.25) is 0 Å². The second-order valence-electron chi connectivity index (χ2n) is 4.14. The van der Waals surface area contributed by atoms with E-state index in [0.29, 0.717) is 12.2 Å². The molecule has 1 unspecified atom stereocenters. The van der Waals surface area contributed by atoms with Crippen molar-refractivity contribution in [2.45, 2.75) is 25.4 Å². The van der Waals surface area contributed by atoms with Gasteiger partial charge >= 0.3 is 5.97 Å². The van der Waals surface area contributed by atoms with Gasteiger partial charge in [0.25, 0.3) is 0 Å². The highest BCUT2D eigenvalue weighted by Gasteiger charge is 2.16. The van der Waals surface area contributed by atoms with Crippen LogP contribution in [0.5, 0.6) is 0 Å². The van der Waals surface area contributed by atoms with Crippen LogP contribution in [-0.4, -0.2) is 45.3 Å². The average Bonchev–Trinajstić information content (AvgIpc) is 2.54. The Hall–Kier alpha value is -1.69. The van der Waals surface area contributed by atoms with Crippen molar-refractivity contribution >= 4 is 11.8 Å². The van der Waals surface area contributed by atoms with Gasteiger partial charge in [0.15, 0.2) is 5.69 Å². The lowest BCUT2D eigenvalue weighted by molar-refractivity contribution is 0.0690. The third kappa shape index (κ3) is 2.91. The zero-order valence-electron chi connectivity index (χ0n) is 9.41. The van der Waals surface area contributed by atoms with Crippen LogP contribution in [0.2, 0.25) is 0 Å². The number of aromatic nitrogens is 2. The molecule has 2 heterocycles. The Kier molecular flexibility index (Phi) is 3.53. The third-order valence-corrected chi connectivity index (χ3v) is 2.88. The van der Waals surface area contributed by atoms with E-state index in [1.807, 2.05) is 4.90 Å². The molecule has 1 aliphatic rings. The van der Waals surface area contributed by atoms with E-state index in [1.165, 1.54) is 12.4 Å². The number of hydrogen-bond acceptors (Lipinski definition) is 5. The fourth-order valence-electron chi connectivity index (χ4n) is 1.90. The Morgan fingerprint density at radius 3 is 2.76 bits per heavy atom. The number of hydrogen-bond donors (Lipinski definition) is 2. The summed E-state index contributed by atoms with van der Waals surface area (Å²) in [7, 11) is 0. The van der Waals surface area contributed by atoms with Crippen molar-refractivity contribution in [3.05, 3.63) is 18.1 Å². The quantitative estimate of drug-likeness (QED) is 0.780. The van der Waals surface area contributed by atoms with Crippen LogP contribution in [0, 0.1) is 0 Å². The normalized spacial score (nSPS) is 21.0. The Morgan fingerprint density at radius 2 is 2.12 bits per heavy atom. The molecule has 0 radical (unpaired) electrons. The van der Waals surface area contributed by atoms with Gasteiger partial charge in [0.05, 0.1) is 18.5 Å². The zero-order chi connectivity index (χ0) is 12.3. The van der Waals surface area contributed by atoms with E-state index in [1.54, 1.807) is 0 Å². The SMILES string of the molecule is O=C(O)c1cnc(N2CCCC(O)CC2)cn1. The van der Waals surface area contributed by atoms with Crippen LogP contribution >= 0.6 is 0 Å². The molecule has 0 amide bonds. The van der Waals surface area contributed by atoms with Gasteiger partial charge in [-0.2, -0.15) is 0 Å². The second-order valence-corrected chi connectivity index (χ2v) is 4.14. The van der Waals surface area contributed by atoms with Crippen LogP contribution in [0.15, 0.2) is 12.4 Å². The van der Waals surface area contributed by atoms with Crippen LogP contribution in [-0.2, 0) is 0 Å². The van der Waals surface area contributed by atoms with E-state index in [9.17, 15) is 9.90 Å². The number of aromatic carboxylic acids is 1. The van der Waals surface area contributed by atoms with Gasteiger partial charge < -0.3 is 15.1 Å². The molecule has 1 fully saturated rings. The standard InChI is InChI=1S/C11H15N3O3/c15-8-2-1-4-14(5-3-8)10-7-12-9(6-13-10)11(16)17/h6-8,15H,1-5H2,(H,16,17). The van der Waals surface area contributed by atoms with E-state index in [-0.39, 0.29) is 11.8 Å². The molecule has 1 atom stereocenters. The Morgan fingerprint density at radius 1 is 1.29 bits per heavy atom. The second kappa shape index (κ2) is 5.09. The van der Waals surface area contributed by atoms with E-state index in [4.69, 9.17) is 5.11 Å². The molecule has 92 valence electrons. The minimum Gasteiger partial charge on any atom is -0.476 e. The Balaban J connectivity index is 2.08. The predicted octanol–water partition coefficient (Wildman–Crippen LogP) is 0.526. The minimum absolute atomic E-state index is 0.0522. The first-order chi connectivity index (χ1) is 8.16. The fourth-order valence-corrected chi connectivity index (χ4v) is 1.90. The molecule has 0 spiro atoms. The maximum atomic E-state index is 10.6. The monoisotopic (exact) mass is 237 g/mol. The summed E-state index contributed by atoms with van der Waals surface area (Å²) in [6.07, 6.45) is 4.91. The third-order valence-electron chi connectivity index (χ3n) is 2.88. The number of aliphatic hydroxyl groups excluding tert-OH is 1. The van der Waals surface area contributed by atoms with Crippen molar-refractivity contribution in [1.82, 2.24) is 9.97 Å². The lowest BCUT2D eigenvalue weighted by Gasteiger charge is -2.20. The van der Waals surface area contributed by atoms with Crippen LogP contribution in [0.1, 0.15) is 29.8 Å². The summed E-state index contributed by atoms with van der Waals surface area (Å²) in [6, 6.07) is 0. The lowest BCUT2D eigenvalue weighted by Crippen LogP contribution is -2.25. The zero-order valence-corrected chi connectivity index (χ0v) is 9.41. The predicted molar refractivity (Wildman–Crippen MR) is 61.1 cm³/mol. The number of carbonyl (C=O) groups is 1. The molecule has 1 aliphatic heterocycles. The number of anilines is 1. The molecule has 17 heavy (non-hydrogen) atoms. The molecule has 0 bridgehead atoms. The van der Waals surface area contributed by atoms with Crippen molar-refractivity contribution in [2.24, 2.45) is 0 Å². The summed E-state index contributed by atoms with van der Waals surface area (Å²) in [4.78, 5) is 20.6. The average molecular weight is 237 g/mol. The van der Waals surface area contributed by atoms with E-state index < -0.39 is 5.97 Å². The van der Waals surface area contributed by atoms with Crippen LogP contribution in [0.3, 0.4) is 0 Å². The number of nitrogens with zero attached hydrogens (tertiary/aromatic N) is 3. The summed E-state index contributed by atoms with van der Waals surface area (Å²) in [5.74, 6) is -0.403. The molecule has 1 aromatic heterocycles.